The molecule has 0 atom stereocenters. The van der Waals surface area contributed by atoms with Crippen LogP contribution in [0.15, 0.2) is 0 Å². The number of nitrogens with zero attached hydrogens (tertiary/aromatic N) is 1. The number of hydrogen-bond acceptors (Lipinski definition) is 1. The Morgan fingerprint density at radius 2 is 1.93 bits per heavy atom. The van der Waals surface area contributed by atoms with E-state index in [-0.39, 0.29) is 11.8 Å². The van der Waals surface area contributed by atoms with Crippen LogP contribution in [-0.2, 0) is 4.79 Å². The first-order valence-corrected chi connectivity index (χ1v) is 6.26. The third-order valence-corrected chi connectivity index (χ3v) is 3.10. The van der Waals surface area contributed by atoms with Crippen LogP contribution in [0.4, 0.5) is 0 Å². The zero-order chi connectivity index (χ0) is 11.9. The van der Waals surface area contributed by atoms with Gasteiger partial charge in [0.1, 0.15) is 5.88 Å². The quantitative estimate of drug-likeness (QED) is 0.618. The lowest BCUT2D eigenvalue weighted by Gasteiger charge is -2.27. The van der Waals surface area contributed by atoms with E-state index in [0.29, 0.717) is 5.41 Å². The van der Waals surface area contributed by atoms with Gasteiger partial charge in [-0.15, -0.1) is 11.6 Å². The maximum atomic E-state index is 11.2. The largest absolute Gasteiger partial charge is 0.345 e. The summed E-state index contributed by atoms with van der Waals surface area (Å²) in [7, 11) is 1.82. The van der Waals surface area contributed by atoms with E-state index in [9.17, 15) is 4.79 Å². The monoisotopic (exact) mass is 233 g/mol. The van der Waals surface area contributed by atoms with E-state index < -0.39 is 0 Å². The van der Waals surface area contributed by atoms with Crippen molar-refractivity contribution in [3.8, 4) is 0 Å². The van der Waals surface area contributed by atoms with E-state index >= 15 is 0 Å². The van der Waals surface area contributed by atoms with Crippen LogP contribution >= 0.6 is 11.6 Å². The highest BCUT2D eigenvalue weighted by Gasteiger charge is 2.18. The average molecular weight is 234 g/mol. The molecule has 15 heavy (non-hydrogen) atoms. The van der Waals surface area contributed by atoms with Gasteiger partial charge >= 0.3 is 0 Å². The molecule has 0 saturated heterocycles. The zero-order valence-electron chi connectivity index (χ0n) is 10.5. The van der Waals surface area contributed by atoms with Gasteiger partial charge in [0.25, 0.3) is 0 Å². The van der Waals surface area contributed by atoms with Crippen molar-refractivity contribution in [2.75, 3.05) is 19.5 Å². The lowest BCUT2D eigenvalue weighted by molar-refractivity contribution is -0.127. The average Bonchev–Trinajstić information content (AvgIpc) is 2.22. The fourth-order valence-corrected chi connectivity index (χ4v) is 1.68. The van der Waals surface area contributed by atoms with Crippen molar-refractivity contribution in [3.63, 3.8) is 0 Å². The zero-order valence-corrected chi connectivity index (χ0v) is 11.2. The molecule has 0 aliphatic heterocycles. The number of carbonyl (C=O) groups is 1. The van der Waals surface area contributed by atoms with Crippen molar-refractivity contribution in [1.29, 1.82) is 0 Å². The van der Waals surface area contributed by atoms with Crippen molar-refractivity contribution in [3.05, 3.63) is 0 Å². The molecule has 0 aromatic rings. The highest BCUT2D eigenvalue weighted by atomic mass is 35.5. The van der Waals surface area contributed by atoms with Gasteiger partial charge in [-0.25, -0.2) is 0 Å². The van der Waals surface area contributed by atoms with Crippen LogP contribution in [-0.4, -0.2) is 30.3 Å². The van der Waals surface area contributed by atoms with Crippen LogP contribution in [0.25, 0.3) is 0 Å². The second kappa shape index (κ2) is 7.10. The van der Waals surface area contributed by atoms with Gasteiger partial charge in [0.05, 0.1) is 0 Å². The van der Waals surface area contributed by atoms with E-state index in [1.165, 1.54) is 19.3 Å². The number of halogens is 1. The maximum absolute atomic E-state index is 11.2. The minimum atomic E-state index is 0.0166. The minimum absolute atomic E-state index is 0.0166. The van der Waals surface area contributed by atoms with Gasteiger partial charge in [0, 0.05) is 13.6 Å². The molecule has 0 radical (unpaired) electrons. The summed E-state index contributed by atoms with van der Waals surface area (Å²) in [6, 6.07) is 0. The molecule has 0 bridgehead atoms. The van der Waals surface area contributed by atoms with Crippen LogP contribution < -0.4 is 0 Å². The molecule has 1 amide bonds. The van der Waals surface area contributed by atoms with E-state index in [0.717, 1.165) is 13.0 Å². The SMILES string of the molecule is CCCCC(C)(C)CCN(C)C(=O)CCl. The van der Waals surface area contributed by atoms with Crippen molar-refractivity contribution < 1.29 is 4.79 Å². The summed E-state index contributed by atoms with van der Waals surface area (Å²) in [5, 5.41) is 0. The van der Waals surface area contributed by atoms with Crippen LogP contribution in [0.2, 0.25) is 0 Å². The Labute approximate surface area is 99.0 Å². The van der Waals surface area contributed by atoms with Crippen LogP contribution in [0.3, 0.4) is 0 Å². The number of rotatable bonds is 7. The highest BCUT2D eigenvalue weighted by Crippen LogP contribution is 2.27. The Kier molecular flexibility index (Phi) is 6.99. The van der Waals surface area contributed by atoms with Gasteiger partial charge in [-0.05, 0) is 18.3 Å². The molecule has 3 heteroatoms. The van der Waals surface area contributed by atoms with Gasteiger partial charge < -0.3 is 4.90 Å². The number of unbranched alkanes of at least 4 members (excludes halogenated alkanes) is 1. The summed E-state index contributed by atoms with van der Waals surface area (Å²) in [5.74, 6) is 0.106. The molecule has 0 rings (SSSR count). The molecular formula is C12H24ClNO. The Balaban J connectivity index is 3.86. The second-order valence-electron chi connectivity index (χ2n) is 4.97. The molecule has 0 unspecified atom stereocenters. The standard InChI is InChI=1S/C12H24ClNO/c1-5-6-7-12(2,3)8-9-14(4)11(15)10-13/h5-10H2,1-4H3. The molecular weight excluding hydrogens is 210 g/mol. The van der Waals surface area contributed by atoms with E-state index in [1.807, 2.05) is 7.05 Å². The van der Waals surface area contributed by atoms with Gasteiger partial charge in [-0.3, -0.25) is 4.79 Å². The molecule has 0 aromatic carbocycles. The van der Waals surface area contributed by atoms with Crippen LogP contribution in [0.1, 0.15) is 46.5 Å². The van der Waals surface area contributed by atoms with Crippen molar-refractivity contribution in [2.45, 2.75) is 46.5 Å². The van der Waals surface area contributed by atoms with Gasteiger partial charge in [-0.1, -0.05) is 33.6 Å². The van der Waals surface area contributed by atoms with E-state index in [4.69, 9.17) is 11.6 Å². The fourth-order valence-electron chi connectivity index (χ4n) is 1.48. The molecule has 0 aromatic heterocycles. The molecule has 90 valence electrons. The molecule has 0 saturated carbocycles. The smallest absolute Gasteiger partial charge is 0.237 e. The molecule has 0 heterocycles. The predicted molar refractivity (Wildman–Crippen MR) is 66.3 cm³/mol. The molecule has 0 aliphatic rings. The third kappa shape index (κ3) is 6.77. The molecule has 0 aliphatic carbocycles. The first-order chi connectivity index (χ1) is 6.93. The van der Waals surface area contributed by atoms with Crippen molar-refractivity contribution in [2.24, 2.45) is 5.41 Å². The minimum Gasteiger partial charge on any atom is -0.345 e. The van der Waals surface area contributed by atoms with E-state index in [1.54, 1.807) is 4.90 Å². The second-order valence-corrected chi connectivity index (χ2v) is 5.23. The number of carbonyl (C=O) groups excluding carboxylic acids is 1. The lowest BCUT2D eigenvalue weighted by Crippen LogP contribution is -2.31. The third-order valence-electron chi connectivity index (χ3n) is 2.87. The highest BCUT2D eigenvalue weighted by molar-refractivity contribution is 6.27. The molecule has 0 spiro atoms. The van der Waals surface area contributed by atoms with Crippen LogP contribution in [0, 0.1) is 5.41 Å². The first-order valence-electron chi connectivity index (χ1n) is 5.73. The summed E-state index contributed by atoms with van der Waals surface area (Å²) in [6.07, 6.45) is 4.78. The summed E-state index contributed by atoms with van der Waals surface area (Å²) >= 11 is 5.49. The number of amides is 1. The molecule has 0 N–H and O–H groups in total. The number of alkyl halides is 1. The van der Waals surface area contributed by atoms with Crippen LogP contribution in [0.5, 0.6) is 0 Å². The van der Waals surface area contributed by atoms with Gasteiger partial charge in [0.15, 0.2) is 0 Å². The predicted octanol–water partition coefficient (Wildman–Crippen LogP) is 3.29. The Morgan fingerprint density at radius 1 is 1.33 bits per heavy atom. The Hall–Kier alpha value is -0.240. The van der Waals surface area contributed by atoms with E-state index in [2.05, 4.69) is 20.8 Å². The summed E-state index contributed by atoms with van der Waals surface area (Å²) in [5.41, 5.74) is 0.330. The van der Waals surface area contributed by atoms with Gasteiger partial charge in [-0.2, -0.15) is 0 Å². The lowest BCUT2D eigenvalue weighted by atomic mass is 9.84. The van der Waals surface area contributed by atoms with Crippen molar-refractivity contribution in [1.82, 2.24) is 4.90 Å². The maximum Gasteiger partial charge on any atom is 0.237 e. The number of hydrogen-bond donors (Lipinski definition) is 0. The Morgan fingerprint density at radius 3 is 2.40 bits per heavy atom. The summed E-state index contributed by atoms with van der Waals surface area (Å²) in [4.78, 5) is 13.0. The van der Waals surface area contributed by atoms with Gasteiger partial charge in [0.2, 0.25) is 5.91 Å². The first kappa shape index (κ1) is 14.8. The normalized spacial score (nSPS) is 11.5. The topological polar surface area (TPSA) is 20.3 Å². The fraction of sp³-hybridized carbons (Fsp3) is 0.917. The molecule has 2 nitrogen and oxygen atoms in total. The summed E-state index contributed by atoms with van der Waals surface area (Å²) in [6.45, 7) is 7.55. The van der Waals surface area contributed by atoms with Crippen molar-refractivity contribution >= 4 is 17.5 Å². The summed E-state index contributed by atoms with van der Waals surface area (Å²) < 4.78 is 0. The molecule has 0 fully saturated rings. The Bertz CT molecular complexity index is 192.